The lowest BCUT2D eigenvalue weighted by atomic mass is 10.1. The molecule has 0 unspecified atom stereocenters. The molecule has 0 aliphatic carbocycles. The third-order valence-corrected chi connectivity index (χ3v) is 2.54. The highest BCUT2D eigenvalue weighted by atomic mass is 19.1. The lowest BCUT2D eigenvalue weighted by Crippen LogP contribution is -2.00. The Kier molecular flexibility index (Phi) is 3.20. The molecule has 1 heterocycles. The molecule has 5 heteroatoms. The fourth-order valence-electron chi connectivity index (χ4n) is 1.43. The monoisotopic (exact) mass is 243 g/mol. The van der Waals surface area contributed by atoms with E-state index in [-0.39, 0.29) is 11.6 Å². The van der Waals surface area contributed by atoms with Gasteiger partial charge in [-0.25, -0.2) is 4.39 Å². The van der Waals surface area contributed by atoms with Gasteiger partial charge in [-0.1, -0.05) is 6.07 Å². The zero-order valence-electron chi connectivity index (χ0n) is 9.94. The van der Waals surface area contributed by atoms with Gasteiger partial charge in [-0.3, -0.25) is 0 Å². The molecule has 1 aromatic carbocycles. The molecule has 4 nitrogen and oxygen atoms in total. The summed E-state index contributed by atoms with van der Waals surface area (Å²) in [5.41, 5.74) is 1.68. The first-order chi connectivity index (χ1) is 8.61. The summed E-state index contributed by atoms with van der Waals surface area (Å²) in [5, 5.41) is 16.8. The molecular weight excluding hydrogens is 233 g/mol. The van der Waals surface area contributed by atoms with Crippen LogP contribution in [0.5, 0.6) is 11.6 Å². The third-order valence-electron chi connectivity index (χ3n) is 2.54. The Morgan fingerprint density at radius 1 is 1.28 bits per heavy atom. The van der Waals surface area contributed by atoms with E-state index in [1.54, 1.807) is 19.9 Å². The van der Waals surface area contributed by atoms with Gasteiger partial charge in [-0.05, 0) is 31.5 Å². The zero-order chi connectivity index (χ0) is 13.1. The van der Waals surface area contributed by atoms with E-state index >= 15 is 0 Å². The van der Waals surface area contributed by atoms with Gasteiger partial charge >= 0.3 is 0 Å². The summed E-state index contributed by atoms with van der Waals surface area (Å²) in [7, 11) is 0. The van der Waals surface area contributed by atoms with E-state index in [9.17, 15) is 4.39 Å². The summed E-state index contributed by atoms with van der Waals surface area (Å²) in [6.45, 7) is 3.52. The fourth-order valence-corrected chi connectivity index (χ4v) is 1.43. The van der Waals surface area contributed by atoms with Gasteiger partial charge in [-0.2, -0.15) is 10.4 Å². The normalized spacial score (nSPS) is 9.89. The number of aromatic nitrogens is 2. The summed E-state index contributed by atoms with van der Waals surface area (Å²) >= 11 is 0. The lowest BCUT2D eigenvalue weighted by molar-refractivity contribution is 0.447. The maximum atomic E-state index is 13.0. The van der Waals surface area contributed by atoms with Gasteiger partial charge in [0.2, 0.25) is 0 Å². The predicted molar refractivity (Wildman–Crippen MR) is 62.7 cm³/mol. The minimum absolute atomic E-state index is 0.0891. The van der Waals surface area contributed by atoms with Crippen LogP contribution in [0.25, 0.3) is 0 Å². The van der Waals surface area contributed by atoms with Crippen molar-refractivity contribution in [3.05, 3.63) is 46.9 Å². The highest BCUT2D eigenvalue weighted by Gasteiger charge is 2.12. The highest BCUT2D eigenvalue weighted by Crippen LogP contribution is 2.25. The Morgan fingerprint density at radius 2 is 2.06 bits per heavy atom. The Balaban J connectivity index is 2.42. The summed E-state index contributed by atoms with van der Waals surface area (Å²) in [5.74, 6) is -0.0435. The third kappa shape index (κ3) is 2.28. The minimum Gasteiger partial charge on any atom is -0.436 e. The van der Waals surface area contributed by atoms with Crippen LogP contribution in [0.4, 0.5) is 4.39 Å². The molecule has 90 valence electrons. The molecule has 0 saturated heterocycles. The Hall–Kier alpha value is -2.48. The number of rotatable bonds is 2. The van der Waals surface area contributed by atoms with Gasteiger partial charge in [0.25, 0.3) is 5.88 Å². The van der Waals surface area contributed by atoms with Gasteiger partial charge in [-0.15, -0.1) is 5.10 Å². The van der Waals surface area contributed by atoms with Crippen LogP contribution in [0, 0.1) is 31.0 Å². The number of hydrogen-bond acceptors (Lipinski definition) is 4. The van der Waals surface area contributed by atoms with Crippen molar-refractivity contribution in [3.63, 3.8) is 0 Å². The van der Waals surface area contributed by atoms with E-state index in [0.29, 0.717) is 16.8 Å². The first kappa shape index (κ1) is 12.0. The number of benzene rings is 1. The number of ether oxygens (including phenoxy) is 1. The number of aryl methyl sites for hydroxylation is 1. The highest BCUT2D eigenvalue weighted by molar-refractivity contribution is 5.46. The molecule has 0 fully saturated rings. The number of nitriles is 1. The van der Waals surface area contributed by atoms with Gasteiger partial charge in [0, 0.05) is 6.07 Å². The van der Waals surface area contributed by atoms with E-state index < -0.39 is 5.82 Å². The molecule has 2 aromatic rings. The molecule has 0 radical (unpaired) electrons. The first-order valence-electron chi connectivity index (χ1n) is 5.29. The average molecular weight is 243 g/mol. The first-order valence-corrected chi connectivity index (χ1v) is 5.29. The van der Waals surface area contributed by atoms with Crippen molar-refractivity contribution in [2.24, 2.45) is 0 Å². The van der Waals surface area contributed by atoms with Crippen LogP contribution in [-0.4, -0.2) is 10.2 Å². The van der Waals surface area contributed by atoms with Crippen molar-refractivity contribution < 1.29 is 9.13 Å². The second kappa shape index (κ2) is 4.80. The molecule has 0 aliphatic heterocycles. The average Bonchev–Trinajstić information content (AvgIpc) is 2.34. The molecule has 0 saturated carbocycles. The maximum absolute atomic E-state index is 13.0. The van der Waals surface area contributed by atoms with E-state index in [1.165, 1.54) is 18.2 Å². The molecule has 0 bridgehead atoms. The molecule has 0 atom stereocenters. The Bertz CT molecular complexity index is 635. The number of hydrogen-bond donors (Lipinski definition) is 0. The predicted octanol–water partition coefficient (Wildman–Crippen LogP) is 2.90. The fraction of sp³-hybridized carbons (Fsp3) is 0.154. The van der Waals surface area contributed by atoms with Gasteiger partial charge in [0.15, 0.2) is 0 Å². The van der Waals surface area contributed by atoms with Crippen LogP contribution in [-0.2, 0) is 0 Å². The van der Waals surface area contributed by atoms with Crippen LogP contribution >= 0.6 is 0 Å². The standard InChI is InChI=1S/C13H10FN3O/c1-8-9(2)16-17-13(12(8)7-15)18-11-5-3-4-10(14)6-11/h3-6H,1-2H3. The van der Waals surface area contributed by atoms with Crippen molar-refractivity contribution in [3.8, 4) is 17.7 Å². The topological polar surface area (TPSA) is 58.8 Å². The summed E-state index contributed by atoms with van der Waals surface area (Å²) in [6, 6.07) is 7.65. The maximum Gasteiger partial charge on any atom is 0.257 e. The quantitative estimate of drug-likeness (QED) is 0.813. The van der Waals surface area contributed by atoms with Crippen molar-refractivity contribution >= 4 is 0 Å². The molecular formula is C13H10FN3O. The van der Waals surface area contributed by atoms with Crippen molar-refractivity contribution in [2.45, 2.75) is 13.8 Å². The molecule has 0 aliphatic rings. The minimum atomic E-state index is -0.414. The molecule has 0 N–H and O–H groups in total. The van der Waals surface area contributed by atoms with Crippen LogP contribution < -0.4 is 4.74 Å². The van der Waals surface area contributed by atoms with E-state index in [1.807, 2.05) is 6.07 Å². The van der Waals surface area contributed by atoms with E-state index in [4.69, 9.17) is 10.00 Å². The molecule has 2 rings (SSSR count). The lowest BCUT2D eigenvalue weighted by Gasteiger charge is -2.08. The largest absolute Gasteiger partial charge is 0.436 e. The van der Waals surface area contributed by atoms with Crippen LogP contribution in [0.1, 0.15) is 16.8 Å². The number of nitrogens with zero attached hydrogens (tertiary/aromatic N) is 3. The smallest absolute Gasteiger partial charge is 0.257 e. The molecule has 0 spiro atoms. The van der Waals surface area contributed by atoms with Crippen molar-refractivity contribution in [1.29, 1.82) is 5.26 Å². The molecule has 18 heavy (non-hydrogen) atoms. The Morgan fingerprint density at radius 3 is 2.72 bits per heavy atom. The van der Waals surface area contributed by atoms with Crippen molar-refractivity contribution in [2.75, 3.05) is 0 Å². The van der Waals surface area contributed by atoms with Crippen LogP contribution in [0.3, 0.4) is 0 Å². The molecule has 1 aromatic heterocycles. The van der Waals surface area contributed by atoms with Gasteiger partial charge in [0.05, 0.1) is 5.69 Å². The van der Waals surface area contributed by atoms with E-state index in [2.05, 4.69) is 10.2 Å². The second-order valence-electron chi connectivity index (χ2n) is 3.76. The van der Waals surface area contributed by atoms with Gasteiger partial charge < -0.3 is 4.74 Å². The van der Waals surface area contributed by atoms with Crippen LogP contribution in [0.15, 0.2) is 24.3 Å². The zero-order valence-corrected chi connectivity index (χ0v) is 9.94. The van der Waals surface area contributed by atoms with Crippen LogP contribution in [0.2, 0.25) is 0 Å². The summed E-state index contributed by atoms with van der Waals surface area (Å²) < 4.78 is 18.4. The van der Waals surface area contributed by atoms with Gasteiger partial charge in [0.1, 0.15) is 23.2 Å². The van der Waals surface area contributed by atoms with E-state index in [0.717, 1.165) is 0 Å². The summed E-state index contributed by atoms with van der Waals surface area (Å²) in [4.78, 5) is 0. The number of halogens is 1. The van der Waals surface area contributed by atoms with Crippen molar-refractivity contribution in [1.82, 2.24) is 10.2 Å². The molecule has 0 amide bonds. The second-order valence-corrected chi connectivity index (χ2v) is 3.76. The summed E-state index contributed by atoms with van der Waals surface area (Å²) in [6.07, 6.45) is 0. The SMILES string of the molecule is Cc1nnc(Oc2cccc(F)c2)c(C#N)c1C. The Labute approximate surface area is 104 Å².